The highest BCUT2D eigenvalue weighted by molar-refractivity contribution is 5.87. The molecule has 3 aliphatic carbocycles. The van der Waals surface area contributed by atoms with Gasteiger partial charge in [-0.15, -0.1) is 0 Å². The van der Waals surface area contributed by atoms with Crippen LogP contribution >= 0.6 is 0 Å². The molecule has 3 aromatic rings. The van der Waals surface area contributed by atoms with Crippen LogP contribution in [0.4, 0.5) is 4.79 Å². The molecule has 2 saturated carbocycles. The molecule has 8 heteroatoms. The first kappa shape index (κ1) is 25.9. The number of rotatable bonds is 9. The van der Waals surface area contributed by atoms with Gasteiger partial charge in [-0.3, -0.25) is 9.59 Å². The summed E-state index contributed by atoms with van der Waals surface area (Å²) in [5.41, 5.74) is 4.81. The number of hydrogen-bond donors (Lipinski definition) is 3. The van der Waals surface area contributed by atoms with E-state index in [1.165, 1.54) is 0 Å². The Morgan fingerprint density at radius 3 is 2.00 bits per heavy atom. The van der Waals surface area contributed by atoms with E-state index in [9.17, 15) is 14.4 Å². The largest absolute Gasteiger partial charge is 0.490 e. The van der Waals surface area contributed by atoms with Crippen LogP contribution in [-0.2, 0) is 14.3 Å². The number of benzene rings is 3. The summed E-state index contributed by atoms with van der Waals surface area (Å²) in [5, 5.41) is 8.01. The van der Waals surface area contributed by atoms with Crippen LogP contribution in [-0.4, -0.2) is 49.7 Å². The quantitative estimate of drug-likeness (QED) is 0.379. The summed E-state index contributed by atoms with van der Waals surface area (Å²) in [6.45, 7) is -0.223. The number of nitrogens with one attached hydrogen (secondary N) is 3. The Morgan fingerprint density at radius 1 is 0.725 bits per heavy atom. The van der Waals surface area contributed by atoms with E-state index in [1.54, 1.807) is 0 Å². The molecule has 0 unspecified atom stereocenters. The molecule has 206 valence electrons. The van der Waals surface area contributed by atoms with Gasteiger partial charge in [0.25, 0.3) is 0 Å². The number of hydrogen-bond acceptors (Lipinski definition) is 5. The Kier molecular flexibility index (Phi) is 7.15. The SMILES string of the molecule is O=C(CNC(=O)OCC1c2ccccc2-c2ccccc21)NCC(=O)NC1CC2(C1)CC(Oc1ccccc1)C2. The number of carbonyl (C=O) groups is 3. The Hall–Kier alpha value is -4.33. The Bertz CT molecular complexity index is 1350. The number of alkyl carbamates (subject to hydrolysis) is 1. The van der Waals surface area contributed by atoms with Gasteiger partial charge in [0, 0.05) is 12.0 Å². The predicted octanol–water partition coefficient (Wildman–Crippen LogP) is 4.15. The van der Waals surface area contributed by atoms with Crippen LogP contribution in [0.3, 0.4) is 0 Å². The molecule has 2 fully saturated rings. The molecule has 0 aromatic heterocycles. The fourth-order valence-electron chi connectivity index (χ4n) is 6.42. The van der Waals surface area contributed by atoms with Crippen LogP contribution in [0, 0.1) is 5.41 Å². The fourth-order valence-corrected chi connectivity index (χ4v) is 6.42. The monoisotopic (exact) mass is 539 g/mol. The van der Waals surface area contributed by atoms with E-state index in [-0.39, 0.29) is 49.1 Å². The lowest BCUT2D eigenvalue weighted by Gasteiger charge is -2.57. The minimum atomic E-state index is -0.670. The third kappa shape index (κ3) is 5.52. The Morgan fingerprint density at radius 2 is 1.32 bits per heavy atom. The zero-order valence-corrected chi connectivity index (χ0v) is 22.2. The van der Waals surface area contributed by atoms with Crippen molar-refractivity contribution in [2.75, 3.05) is 19.7 Å². The second-order valence-electron chi connectivity index (χ2n) is 11.1. The molecule has 40 heavy (non-hydrogen) atoms. The van der Waals surface area contributed by atoms with Crippen molar-refractivity contribution in [2.24, 2.45) is 5.41 Å². The molecule has 0 atom stereocenters. The third-order valence-corrected chi connectivity index (χ3v) is 8.27. The second-order valence-corrected chi connectivity index (χ2v) is 11.1. The van der Waals surface area contributed by atoms with Gasteiger partial charge in [0.05, 0.1) is 12.6 Å². The number of para-hydroxylation sites is 1. The minimum Gasteiger partial charge on any atom is -0.490 e. The molecule has 0 aliphatic heterocycles. The van der Waals surface area contributed by atoms with E-state index in [0.717, 1.165) is 53.7 Å². The van der Waals surface area contributed by atoms with E-state index < -0.39 is 12.0 Å². The maximum absolute atomic E-state index is 12.3. The molecule has 3 aromatic carbocycles. The summed E-state index contributed by atoms with van der Waals surface area (Å²) >= 11 is 0. The fraction of sp³-hybridized carbons (Fsp3) is 0.344. The van der Waals surface area contributed by atoms with Gasteiger partial charge in [-0.25, -0.2) is 4.79 Å². The zero-order chi connectivity index (χ0) is 27.5. The number of fused-ring (bicyclic) bond motifs is 3. The van der Waals surface area contributed by atoms with Crippen molar-refractivity contribution in [1.82, 2.24) is 16.0 Å². The third-order valence-electron chi connectivity index (χ3n) is 8.27. The van der Waals surface area contributed by atoms with Gasteiger partial charge < -0.3 is 25.4 Å². The lowest BCUT2D eigenvalue weighted by Crippen LogP contribution is -2.59. The van der Waals surface area contributed by atoms with E-state index in [4.69, 9.17) is 9.47 Å². The van der Waals surface area contributed by atoms with E-state index >= 15 is 0 Å². The maximum atomic E-state index is 12.3. The second kappa shape index (κ2) is 11.0. The zero-order valence-electron chi connectivity index (χ0n) is 22.2. The van der Waals surface area contributed by atoms with Gasteiger partial charge in [-0.2, -0.15) is 0 Å². The average Bonchev–Trinajstić information content (AvgIpc) is 3.25. The summed E-state index contributed by atoms with van der Waals surface area (Å²) in [4.78, 5) is 36.8. The van der Waals surface area contributed by atoms with Crippen LogP contribution in [0.5, 0.6) is 5.75 Å². The van der Waals surface area contributed by atoms with Gasteiger partial charge in [0.1, 0.15) is 18.9 Å². The molecule has 3 N–H and O–H groups in total. The van der Waals surface area contributed by atoms with Crippen molar-refractivity contribution in [2.45, 2.75) is 43.7 Å². The summed E-state index contributed by atoms with van der Waals surface area (Å²) < 4.78 is 11.4. The summed E-state index contributed by atoms with van der Waals surface area (Å²) in [5.74, 6) is 0.165. The van der Waals surface area contributed by atoms with Crippen molar-refractivity contribution in [3.8, 4) is 16.9 Å². The smallest absolute Gasteiger partial charge is 0.407 e. The Balaban J connectivity index is 0.858. The summed E-state index contributed by atoms with van der Waals surface area (Å²) in [7, 11) is 0. The van der Waals surface area contributed by atoms with E-state index in [2.05, 4.69) is 28.1 Å². The molecule has 6 rings (SSSR count). The molecular weight excluding hydrogens is 506 g/mol. The highest BCUT2D eigenvalue weighted by Gasteiger charge is 2.54. The normalized spacial score (nSPS) is 22.2. The standard InChI is InChI=1S/C32H33N3O5/c36-29(18-34-31(38)39-20-28-26-12-6-4-10-24(26)25-11-5-7-13-27(25)28)33-19-30(37)35-21-14-32(15-21)16-23(17-32)40-22-8-2-1-3-9-22/h1-13,21,23,28H,14-20H2,(H,33,36)(H,34,38)(H,35,37). The number of ether oxygens (including phenoxy) is 2. The van der Waals surface area contributed by atoms with Gasteiger partial charge in [-0.05, 0) is 65.5 Å². The van der Waals surface area contributed by atoms with Gasteiger partial charge in [0.15, 0.2) is 0 Å². The number of carbonyl (C=O) groups excluding carboxylic acids is 3. The highest BCUT2D eigenvalue weighted by atomic mass is 16.5. The summed E-state index contributed by atoms with van der Waals surface area (Å²) in [6.07, 6.45) is 3.45. The topological polar surface area (TPSA) is 106 Å². The van der Waals surface area contributed by atoms with Crippen molar-refractivity contribution in [3.63, 3.8) is 0 Å². The molecule has 0 heterocycles. The molecule has 0 radical (unpaired) electrons. The molecular formula is C32H33N3O5. The lowest BCUT2D eigenvalue weighted by atomic mass is 9.53. The first-order valence-corrected chi connectivity index (χ1v) is 13.8. The average molecular weight is 540 g/mol. The molecule has 0 bridgehead atoms. The van der Waals surface area contributed by atoms with Gasteiger partial charge in [0.2, 0.25) is 11.8 Å². The summed E-state index contributed by atoms with van der Waals surface area (Å²) in [6, 6.07) is 26.2. The predicted molar refractivity (Wildman–Crippen MR) is 150 cm³/mol. The Labute approximate surface area is 233 Å². The maximum Gasteiger partial charge on any atom is 0.407 e. The lowest BCUT2D eigenvalue weighted by molar-refractivity contribution is -0.129. The van der Waals surface area contributed by atoms with E-state index in [0.29, 0.717) is 0 Å². The van der Waals surface area contributed by atoms with Crippen LogP contribution in [0.1, 0.15) is 42.7 Å². The minimum absolute atomic E-state index is 0.0523. The molecule has 8 nitrogen and oxygen atoms in total. The molecule has 1 spiro atoms. The van der Waals surface area contributed by atoms with E-state index in [1.807, 2.05) is 66.7 Å². The van der Waals surface area contributed by atoms with Crippen LogP contribution < -0.4 is 20.7 Å². The van der Waals surface area contributed by atoms with Crippen LogP contribution in [0.15, 0.2) is 78.9 Å². The first-order chi connectivity index (χ1) is 19.5. The van der Waals surface area contributed by atoms with Gasteiger partial charge in [-0.1, -0.05) is 66.7 Å². The van der Waals surface area contributed by atoms with Gasteiger partial charge >= 0.3 is 6.09 Å². The van der Waals surface area contributed by atoms with Crippen LogP contribution in [0.2, 0.25) is 0 Å². The van der Waals surface area contributed by atoms with Crippen LogP contribution in [0.25, 0.3) is 11.1 Å². The highest BCUT2D eigenvalue weighted by Crippen LogP contribution is 2.56. The molecule has 3 amide bonds. The van der Waals surface area contributed by atoms with Crippen molar-refractivity contribution in [3.05, 3.63) is 90.0 Å². The number of amides is 3. The molecule has 3 aliphatic rings. The van der Waals surface area contributed by atoms with Crippen molar-refractivity contribution in [1.29, 1.82) is 0 Å². The first-order valence-electron chi connectivity index (χ1n) is 13.8. The molecule has 0 saturated heterocycles. The van der Waals surface area contributed by atoms with Crippen molar-refractivity contribution < 1.29 is 23.9 Å². The van der Waals surface area contributed by atoms with Crippen molar-refractivity contribution >= 4 is 17.9 Å².